The molecule has 1 amide bonds. The van der Waals surface area contributed by atoms with Crippen molar-refractivity contribution < 1.29 is 28.9 Å². The first kappa shape index (κ1) is 23.2. The molecule has 0 saturated carbocycles. The smallest absolute Gasteiger partial charge is 0.300 e. The second kappa shape index (κ2) is 9.49. The lowest BCUT2D eigenvalue weighted by Crippen LogP contribution is -2.29. The van der Waals surface area contributed by atoms with Gasteiger partial charge in [0.05, 0.1) is 32.9 Å². The van der Waals surface area contributed by atoms with E-state index in [9.17, 15) is 14.7 Å². The summed E-state index contributed by atoms with van der Waals surface area (Å²) in [6.45, 7) is 0. The number of rotatable bonds is 6. The van der Waals surface area contributed by atoms with E-state index in [-0.39, 0.29) is 11.3 Å². The topological polar surface area (TPSA) is 85.3 Å². The molecule has 1 fully saturated rings. The van der Waals surface area contributed by atoms with Crippen LogP contribution in [0.4, 0.5) is 5.69 Å². The monoisotopic (exact) mass is 479 g/mol. The predicted octanol–water partition coefficient (Wildman–Crippen LogP) is 4.99. The van der Waals surface area contributed by atoms with Crippen LogP contribution < -0.4 is 19.1 Å². The van der Waals surface area contributed by atoms with E-state index in [1.165, 1.54) is 26.2 Å². The maximum Gasteiger partial charge on any atom is 0.300 e. The van der Waals surface area contributed by atoms with Crippen LogP contribution in [0.25, 0.3) is 5.76 Å². The van der Waals surface area contributed by atoms with E-state index in [4.69, 9.17) is 25.8 Å². The van der Waals surface area contributed by atoms with Crippen LogP contribution in [0.15, 0.2) is 72.3 Å². The molecular formula is C26H22ClNO6. The number of carbonyl (C=O) groups is 2. The summed E-state index contributed by atoms with van der Waals surface area (Å²) < 4.78 is 16.0. The zero-order chi connectivity index (χ0) is 24.4. The van der Waals surface area contributed by atoms with Gasteiger partial charge < -0.3 is 19.3 Å². The first-order chi connectivity index (χ1) is 16.4. The second-order valence-electron chi connectivity index (χ2n) is 7.49. The number of Topliss-reactive ketones (excluding diaryl/α,β-unsaturated/α-hetero) is 1. The highest BCUT2D eigenvalue weighted by atomic mass is 35.5. The largest absolute Gasteiger partial charge is 0.507 e. The van der Waals surface area contributed by atoms with Crippen molar-refractivity contribution in [2.24, 2.45) is 0 Å². The number of ketones is 1. The highest BCUT2D eigenvalue weighted by Crippen LogP contribution is 2.44. The zero-order valence-corrected chi connectivity index (χ0v) is 19.5. The molecule has 3 aromatic carbocycles. The summed E-state index contributed by atoms with van der Waals surface area (Å²) in [6.07, 6.45) is 0. The fourth-order valence-electron chi connectivity index (χ4n) is 3.94. The molecular weight excluding hydrogens is 458 g/mol. The molecule has 0 bridgehead atoms. The molecule has 174 valence electrons. The fourth-order valence-corrected chi connectivity index (χ4v) is 4.07. The normalized spacial score (nSPS) is 17.1. The van der Waals surface area contributed by atoms with Gasteiger partial charge >= 0.3 is 0 Å². The molecule has 1 N–H and O–H groups in total. The Hall–Kier alpha value is -3.97. The van der Waals surface area contributed by atoms with E-state index in [2.05, 4.69) is 0 Å². The van der Waals surface area contributed by atoms with E-state index in [1.807, 2.05) is 0 Å². The van der Waals surface area contributed by atoms with Gasteiger partial charge in [0.15, 0.2) is 11.5 Å². The number of benzene rings is 3. The average molecular weight is 480 g/mol. The van der Waals surface area contributed by atoms with Crippen molar-refractivity contribution in [1.29, 1.82) is 0 Å². The minimum Gasteiger partial charge on any atom is -0.507 e. The molecule has 0 aromatic heterocycles. The molecule has 1 aliphatic heterocycles. The molecule has 34 heavy (non-hydrogen) atoms. The van der Waals surface area contributed by atoms with Crippen molar-refractivity contribution in [2.75, 3.05) is 26.2 Å². The van der Waals surface area contributed by atoms with Gasteiger partial charge in [-0.3, -0.25) is 14.5 Å². The summed E-state index contributed by atoms with van der Waals surface area (Å²) in [5.74, 6) is -0.351. The number of aliphatic hydroxyl groups excluding tert-OH is 1. The molecule has 1 atom stereocenters. The highest BCUT2D eigenvalue weighted by Gasteiger charge is 2.47. The summed E-state index contributed by atoms with van der Waals surface area (Å²) >= 11 is 5.98. The molecule has 1 aliphatic rings. The number of methoxy groups -OCH3 is 3. The van der Waals surface area contributed by atoms with Gasteiger partial charge in [0.25, 0.3) is 11.7 Å². The van der Waals surface area contributed by atoms with Crippen molar-refractivity contribution >= 4 is 34.7 Å². The first-order valence-electron chi connectivity index (χ1n) is 10.3. The lowest BCUT2D eigenvalue weighted by molar-refractivity contribution is -0.132. The number of nitrogens with zero attached hydrogens (tertiary/aromatic N) is 1. The third kappa shape index (κ3) is 4.06. The van der Waals surface area contributed by atoms with Crippen LogP contribution in [0.1, 0.15) is 17.2 Å². The Morgan fingerprint density at radius 3 is 2.09 bits per heavy atom. The second-order valence-corrected chi connectivity index (χ2v) is 7.92. The van der Waals surface area contributed by atoms with E-state index in [0.29, 0.717) is 39.1 Å². The predicted molar refractivity (Wildman–Crippen MR) is 129 cm³/mol. The number of carbonyl (C=O) groups excluding carboxylic acids is 2. The van der Waals surface area contributed by atoms with Gasteiger partial charge in [-0.25, -0.2) is 0 Å². The summed E-state index contributed by atoms with van der Waals surface area (Å²) in [6, 6.07) is 17.3. The van der Waals surface area contributed by atoms with Crippen molar-refractivity contribution in [3.63, 3.8) is 0 Å². The van der Waals surface area contributed by atoms with E-state index in [1.54, 1.807) is 66.7 Å². The van der Waals surface area contributed by atoms with Gasteiger partial charge in [0.1, 0.15) is 11.5 Å². The zero-order valence-electron chi connectivity index (χ0n) is 18.7. The van der Waals surface area contributed by atoms with Crippen molar-refractivity contribution in [1.82, 2.24) is 0 Å². The molecule has 1 heterocycles. The molecule has 1 saturated heterocycles. The van der Waals surface area contributed by atoms with Gasteiger partial charge in [0.2, 0.25) is 0 Å². The van der Waals surface area contributed by atoms with Gasteiger partial charge in [-0.05, 0) is 66.2 Å². The van der Waals surface area contributed by atoms with Crippen LogP contribution in [0.5, 0.6) is 17.2 Å². The standard InChI is InChI=1S/C26H22ClNO6/c1-32-19-11-9-18(10-12-19)28-23(16-6-13-20(33-2)21(14-16)34-3)22(25(30)26(28)31)24(29)15-4-7-17(27)8-5-15/h4-14,23,29H,1-3H3/b24-22-. The maximum absolute atomic E-state index is 13.2. The Morgan fingerprint density at radius 2 is 1.50 bits per heavy atom. The average Bonchev–Trinajstić information content (AvgIpc) is 3.13. The van der Waals surface area contributed by atoms with Gasteiger partial charge in [-0.1, -0.05) is 17.7 Å². The highest BCUT2D eigenvalue weighted by molar-refractivity contribution is 6.51. The third-order valence-corrected chi connectivity index (χ3v) is 5.89. The number of amides is 1. The summed E-state index contributed by atoms with van der Waals surface area (Å²) in [4.78, 5) is 27.8. The molecule has 7 nitrogen and oxygen atoms in total. The summed E-state index contributed by atoms with van der Waals surface area (Å²) in [5, 5.41) is 11.6. The molecule has 3 aromatic rings. The SMILES string of the molecule is COc1ccc(N2C(=O)C(=O)/C(=C(\O)c3ccc(Cl)cc3)C2c2ccc(OC)c(OC)c2)cc1. The van der Waals surface area contributed by atoms with Crippen LogP contribution in [-0.2, 0) is 9.59 Å². The molecule has 0 aliphatic carbocycles. The van der Waals surface area contributed by atoms with Gasteiger partial charge in [0, 0.05) is 16.3 Å². The molecule has 4 rings (SSSR count). The van der Waals surface area contributed by atoms with Crippen molar-refractivity contribution in [3.8, 4) is 17.2 Å². The van der Waals surface area contributed by atoms with E-state index >= 15 is 0 Å². The number of aliphatic hydroxyl groups is 1. The number of ether oxygens (including phenoxy) is 3. The van der Waals surface area contributed by atoms with Gasteiger partial charge in [-0.2, -0.15) is 0 Å². The minimum atomic E-state index is -0.913. The molecule has 0 radical (unpaired) electrons. The first-order valence-corrected chi connectivity index (χ1v) is 10.7. The lowest BCUT2D eigenvalue weighted by Gasteiger charge is -2.26. The van der Waals surface area contributed by atoms with Crippen LogP contribution in [0, 0.1) is 0 Å². The number of hydrogen-bond acceptors (Lipinski definition) is 6. The molecule has 0 spiro atoms. The Morgan fingerprint density at radius 1 is 0.853 bits per heavy atom. The van der Waals surface area contributed by atoms with Crippen LogP contribution in [0.3, 0.4) is 0 Å². The molecule has 8 heteroatoms. The van der Waals surface area contributed by atoms with E-state index < -0.39 is 17.7 Å². The van der Waals surface area contributed by atoms with Gasteiger partial charge in [-0.15, -0.1) is 0 Å². The van der Waals surface area contributed by atoms with Crippen molar-refractivity contribution in [3.05, 3.63) is 88.5 Å². The summed E-state index contributed by atoms with van der Waals surface area (Å²) in [7, 11) is 4.55. The quantitative estimate of drug-likeness (QED) is 0.304. The van der Waals surface area contributed by atoms with E-state index in [0.717, 1.165) is 0 Å². The Balaban J connectivity index is 1.94. The minimum absolute atomic E-state index is 0.0460. The fraction of sp³-hybridized carbons (Fsp3) is 0.154. The Labute approximate surface area is 201 Å². The maximum atomic E-state index is 13.2. The van der Waals surface area contributed by atoms with Crippen LogP contribution >= 0.6 is 11.6 Å². The number of halogens is 1. The van der Waals surface area contributed by atoms with Crippen LogP contribution in [0.2, 0.25) is 5.02 Å². The van der Waals surface area contributed by atoms with Crippen molar-refractivity contribution in [2.45, 2.75) is 6.04 Å². The number of hydrogen-bond donors (Lipinski definition) is 1. The number of anilines is 1. The molecule has 1 unspecified atom stereocenters. The summed E-state index contributed by atoms with van der Waals surface area (Å²) in [5.41, 5.74) is 1.35. The Bertz CT molecular complexity index is 1270. The third-order valence-electron chi connectivity index (χ3n) is 5.64. The Kier molecular flexibility index (Phi) is 6.47. The lowest BCUT2D eigenvalue weighted by atomic mass is 9.94. The van der Waals surface area contributed by atoms with Crippen LogP contribution in [-0.4, -0.2) is 38.1 Å².